The highest BCUT2D eigenvalue weighted by molar-refractivity contribution is 9.10. The molecule has 0 aliphatic carbocycles. The minimum atomic E-state index is 0.452. The van der Waals surface area contributed by atoms with Crippen LogP contribution in [0.3, 0.4) is 0 Å². The fourth-order valence-corrected chi connectivity index (χ4v) is 2.62. The van der Waals surface area contributed by atoms with E-state index in [1.807, 2.05) is 0 Å². The number of hydrogen-bond donors (Lipinski definition) is 1. The van der Waals surface area contributed by atoms with E-state index in [1.165, 1.54) is 23.0 Å². The Labute approximate surface area is 99.8 Å². The molecule has 1 aliphatic heterocycles. The van der Waals surface area contributed by atoms with E-state index in [1.54, 1.807) is 0 Å². The van der Waals surface area contributed by atoms with Gasteiger partial charge < -0.3 is 10.2 Å². The summed E-state index contributed by atoms with van der Waals surface area (Å²) < 4.78 is 1.21. The molecule has 1 aromatic rings. The third-order valence-corrected chi connectivity index (χ3v) is 3.60. The van der Waals surface area contributed by atoms with Crippen LogP contribution in [0, 0.1) is 0 Å². The number of benzene rings is 1. The summed E-state index contributed by atoms with van der Waals surface area (Å²) in [6, 6.07) is 8.93. The van der Waals surface area contributed by atoms with Crippen LogP contribution in [-0.4, -0.2) is 31.6 Å². The van der Waals surface area contributed by atoms with Crippen LogP contribution in [0.5, 0.6) is 0 Å². The molecule has 1 N–H and O–H groups in total. The van der Waals surface area contributed by atoms with E-state index in [2.05, 4.69) is 57.5 Å². The molecule has 1 aliphatic rings. The smallest absolute Gasteiger partial charge is 0.0460 e. The lowest BCUT2D eigenvalue weighted by atomic mass is 10.1. The van der Waals surface area contributed by atoms with Gasteiger partial charge in [0.2, 0.25) is 0 Å². The minimum Gasteiger partial charge on any atom is -0.309 e. The predicted octanol–water partition coefficient (Wildman–Crippen LogP) is 2.42. The van der Waals surface area contributed by atoms with E-state index in [0.29, 0.717) is 6.04 Å². The van der Waals surface area contributed by atoms with Crippen molar-refractivity contribution in [2.75, 3.05) is 26.7 Å². The van der Waals surface area contributed by atoms with Gasteiger partial charge in [-0.15, -0.1) is 0 Å². The first-order valence-corrected chi connectivity index (χ1v) is 6.23. The molecule has 1 atom stereocenters. The number of rotatable bonds is 1. The fraction of sp³-hybridized carbons (Fsp3) is 0.500. The molecule has 1 aromatic carbocycles. The molecule has 0 bridgehead atoms. The zero-order valence-electron chi connectivity index (χ0n) is 9.04. The van der Waals surface area contributed by atoms with E-state index >= 15 is 0 Å². The third kappa shape index (κ3) is 2.80. The first-order valence-electron chi connectivity index (χ1n) is 5.44. The van der Waals surface area contributed by atoms with Crippen LogP contribution in [0.15, 0.2) is 28.7 Å². The third-order valence-electron chi connectivity index (χ3n) is 2.88. The van der Waals surface area contributed by atoms with Crippen molar-refractivity contribution in [3.8, 4) is 0 Å². The summed E-state index contributed by atoms with van der Waals surface area (Å²) in [7, 11) is 2.19. The Balaban J connectivity index is 2.18. The van der Waals surface area contributed by atoms with Crippen LogP contribution in [-0.2, 0) is 0 Å². The van der Waals surface area contributed by atoms with Gasteiger partial charge in [0.25, 0.3) is 0 Å². The maximum atomic E-state index is 3.62. The first-order chi connectivity index (χ1) is 7.27. The fourth-order valence-electron chi connectivity index (χ4n) is 2.06. The van der Waals surface area contributed by atoms with Gasteiger partial charge in [0.1, 0.15) is 0 Å². The number of likely N-dealkylation sites (N-methyl/N-ethyl adjacent to an activating group) is 1. The molecule has 0 spiro atoms. The summed E-state index contributed by atoms with van der Waals surface area (Å²) in [5.74, 6) is 0. The molecule has 2 nitrogen and oxygen atoms in total. The Morgan fingerprint density at radius 3 is 3.00 bits per heavy atom. The summed E-state index contributed by atoms with van der Waals surface area (Å²) >= 11 is 3.62. The highest BCUT2D eigenvalue weighted by Gasteiger charge is 2.18. The first kappa shape index (κ1) is 11.1. The van der Waals surface area contributed by atoms with Crippen LogP contribution < -0.4 is 5.32 Å². The average Bonchev–Trinajstić information content (AvgIpc) is 2.43. The lowest BCUT2D eigenvalue weighted by Gasteiger charge is -2.21. The van der Waals surface area contributed by atoms with E-state index in [-0.39, 0.29) is 0 Å². The molecular weight excluding hydrogens is 252 g/mol. The zero-order chi connectivity index (χ0) is 10.7. The second kappa shape index (κ2) is 5.10. The van der Waals surface area contributed by atoms with Crippen molar-refractivity contribution in [2.45, 2.75) is 12.5 Å². The topological polar surface area (TPSA) is 15.3 Å². The zero-order valence-corrected chi connectivity index (χ0v) is 10.6. The molecule has 0 radical (unpaired) electrons. The number of nitrogens with zero attached hydrogens (tertiary/aromatic N) is 1. The molecule has 1 saturated heterocycles. The highest BCUT2D eigenvalue weighted by atomic mass is 79.9. The van der Waals surface area contributed by atoms with Crippen molar-refractivity contribution in [2.24, 2.45) is 0 Å². The summed E-state index contributed by atoms with van der Waals surface area (Å²) in [5.41, 5.74) is 1.37. The van der Waals surface area contributed by atoms with Gasteiger partial charge in [0, 0.05) is 17.1 Å². The molecule has 1 fully saturated rings. The van der Waals surface area contributed by atoms with Crippen molar-refractivity contribution < 1.29 is 0 Å². The SMILES string of the molecule is CN1CCCNC(c2ccccc2Br)C1. The number of halogens is 1. The standard InChI is InChI=1S/C12H17BrN2/c1-15-8-4-7-14-12(9-15)10-5-2-3-6-11(10)13/h2-3,5-6,12,14H,4,7-9H2,1H3. The number of nitrogens with one attached hydrogen (secondary N) is 1. The van der Waals surface area contributed by atoms with E-state index < -0.39 is 0 Å². The molecule has 2 rings (SSSR count). The monoisotopic (exact) mass is 268 g/mol. The molecule has 0 aromatic heterocycles. The molecule has 1 heterocycles. The minimum absolute atomic E-state index is 0.452. The Morgan fingerprint density at radius 2 is 2.20 bits per heavy atom. The van der Waals surface area contributed by atoms with Crippen molar-refractivity contribution in [1.29, 1.82) is 0 Å². The van der Waals surface area contributed by atoms with E-state index in [4.69, 9.17) is 0 Å². The summed E-state index contributed by atoms with van der Waals surface area (Å²) in [5, 5.41) is 3.60. The van der Waals surface area contributed by atoms with Crippen LogP contribution in [0.4, 0.5) is 0 Å². The van der Waals surface area contributed by atoms with Crippen LogP contribution in [0.1, 0.15) is 18.0 Å². The Hall–Kier alpha value is -0.380. The summed E-state index contributed by atoms with van der Waals surface area (Å²) in [6.07, 6.45) is 1.23. The van der Waals surface area contributed by atoms with Gasteiger partial charge in [-0.1, -0.05) is 34.1 Å². The largest absolute Gasteiger partial charge is 0.309 e. The molecule has 0 amide bonds. The molecular formula is C12H17BrN2. The Kier molecular flexibility index (Phi) is 3.78. The Bertz CT molecular complexity index is 327. The molecule has 0 saturated carbocycles. The summed E-state index contributed by atoms with van der Waals surface area (Å²) in [4.78, 5) is 2.39. The van der Waals surface area contributed by atoms with Crippen molar-refractivity contribution in [3.63, 3.8) is 0 Å². The lowest BCUT2D eigenvalue weighted by molar-refractivity contribution is 0.326. The predicted molar refractivity (Wildman–Crippen MR) is 67.0 cm³/mol. The van der Waals surface area contributed by atoms with Crippen LogP contribution >= 0.6 is 15.9 Å². The molecule has 15 heavy (non-hydrogen) atoms. The van der Waals surface area contributed by atoms with Crippen molar-refractivity contribution >= 4 is 15.9 Å². The van der Waals surface area contributed by atoms with Gasteiger partial charge in [-0.05, 0) is 38.2 Å². The maximum Gasteiger partial charge on any atom is 0.0460 e. The normalized spacial score (nSPS) is 23.7. The molecule has 3 heteroatoms. The van der Waals surface area contributed by atoms with Gasteiger partial charge >= 0.3 is 0 Å². The lowest BCUT2D eigenvalue weighted by Crippen LogP contribution is -2.29. The van der Waals surface area contributed by atoms with Gasteiger partial charge in [-0.25, -0.2) is 0 Å². The van der Waals surface area contributed by atoms with Crippen LogP contribution in [0.25, 0.3) is 0 Å². The average molecular weight is 269 g/mol. The molecule has 82 valence electrons. The van der Waals surface area contributed by atoms with Gasteiger partial charge in [-0.3, -0.25) is 0 Å². The van der Waals surface area contributed by atoms with E-state index in [0.717, 1.165) is 13.1 Å². The quantitative estimate of drug-likeness (QED) is 0.842. The van der Waals surface area contributed by atoms with E-state index in [9.17, 15) is 0 Å². The van der Waals surface area contributed by atoms with Crippen molar-refractivity contribution in [1.82, 2.24) is 10.2 Å². The van der Waals surface area contributed by atoms with Gasteiger partial charge in [0.15, 0.2) is 0 Å². The Morgan fingerprint density at radius 1 is 1.40 bits per heavy atom. The highest BCUT2D eigenvalue weighted by Crippen LogP contribution is 2.24. The van der Waals surface area contributed by atoms with Gasteiger partial charge in [-0.2, -0.15) is 0 Å². The van der Waals surface area contributed by atoms with Gasteiger partial charge in [0.05, 0.1) is 0 Å². The maximum absolute atomic E-state index is 3.62. The summed E-state index contributed by atoms with van der Waals surface area (Å²) in [6.45, 7) is 3.38. The van der Waals surface area contributed by atoms with Crippen LogP contribution in [0.2, 0.25) is 0 Å². The second-order valence-corrected chi connectivity index (χ2v) is 5.00. The molecule has 1 unspecified atom stereocenters. The number of hydrogen-bond acceptors (Lipinski definition) is 2. The van der Waals surface area contributed by atoms with Crippen molar-refractivity contribution in [3.05, 3.63) is 34.3 Å². The second-order valence-electron chi connectivity index (χ2n) is 4.14.